The number of phenols is 1. The van der Waals surface area contributed by atoms with Crippen molar-refractivity contribution in [1.29, 1.82) is 0 Å². The molecule has 0 unspecified atom stereocenters. The second-order valence-corrected chi connectivity index (χ2v) is 6.82. The van der Waals surface area contributed by atoms with Crippen LogP contribution in [0, 0.1) is 0 Å². The first-order chi connectivity index (χ1) is 13.7. The number of rotatable bonds is 5. The summed E-state index contributed by atoms with van der Waals surface area (Å²) in [6.07, 6.45) is 2.79. The number of methoxy groups -OCH3 is 2. The Balaban J connectivity index is 1.56. The van der Waals surface area contributed by atoms with E-state index >= 15 is 0 Å². The molecule has 4 rings (SSSR count). The van der Waals surface area contributed by atoms with Crippen LogP contribution in [0.5, 0.6) is 17.2 Å². The minimum atomic E-state index is 0.128. The van der Waals surface area contributed by atoms with Gasteiger partial charge in [0.2, 0.25) is 0 Å². The Bertz CT molecular complexity index is 951. The number of hydrogen-bond donors (Lipinski definition) is 1. The smallest absolute Gasteiger partial charge is 0.159 e. The zero-order chi connectivity index (χ0) is 19.5. The molecule has 0 fully saturated rings. The van der Waals surface area contributed by atoms with Crippen LogP contribution in [0.4, 0.5) is 0 Å². The lowest BCUT2D eigenvalue weighted by atomic mass is 10.0. The van der Waals surface area contributed by atoms with E-state index < -0.39 is 0 Å². The van der Waals surface area contributed by atoms with E-state index in [4.69, 9.17) is 14.5 Å². The van der Waals surface area contributed by atoms with Crippen molar-refractivity contribution in [2.24, 2.45) is 0 Å². The van der Waals surface area contributed by atoms with Gasteiger partial charge in [-0.15, -0.1) is 0 Å². The molecule has 28 heavy (non-hydrogen) atoms. The van der Waals surface area contributed by atoms with Crippen LogP contribution in [-0.2, 0) is 19.5 Å². The zero-order valence-electron chi connectivity index (χ0n) is 16.1. The number of phenolic OH excluding ortho intramolecular Hbond substituents is 1. The number of fused-ring (bicyclic) bond motifs is 1. The van der Waals surface area contributed by atoms with E-state index in [0.29, 0.717) is 18.0 Å². The minimum absolute atomic E-state index is 0.128. The van der Waals surface area contributed by atoms with E-state index in [9.17, 15) is 5.11 Å². The summed E-state index contributed by atoms with van der Waals surface area (Å²) in [4.78, 5) is 11.7. The third-order valence-corrected chi connectivity index (χ3v) is 5.02. The molecule has 0 radical (unpaired) electrons. The first kappa shape index (κ1) is 18.3. The summed E-state index contributed by atoms with van der Waals surface area (Å²) in [5.41, 5.74) is 4.21. The van der Waals surface area contributed by atoms with Crippen LogP contribution in [0.25, 0.3) is 11.4 Å². The van der Waals surface area contributed by atoms with Gasteiger partial charge in [-0.05, 0) is 0 Å². The molecular formula is C22H23N3O3. The SMILES string of the molecule is COc1cc(O)cc(OC)c1CN1CCc2nc(-c3ccccc3)ncc2C1. The van der Waals surface area contributed by atoms with Crippen molar-refractivity contribution in [3.05, 3.63) is 65.5 Å². The summed E-state index contributed by atoms with van der Waals surface area (Å²) >= 11 is 0. The molecule has 2 aromatic carbocycles. The fourth-order valence-corrected chi connectivity index (χ4v) is 3.59. The number of hydrogen-bond acceptors (Lipinski definition) is 6. The Morgan fingerprint density at radius 2 is 1.79 bits per heavy atom. The van der Waals surface area contributed by atoms with Gasteiger partial charge in [-0.25, -0.2) is 9.97 Å². The van der Waals surface area contributed by atoms with Gasteiger partial charge in [-0.3, -0.25) is 4.90 Å². The Morgan fingerprint density at radius 3 is 2.46 bits per heavy atom. The van der Waals surface area contributed by atoms with Crippen molar-refractivity contribution in [1.82, 2.24) is 14.9 Å². The summed E-state index contributed by atoms with van der Waals surface area (Å²) in [6, 6.07) is 13.3. The van der Waals surface area contributed by atoms with Gasteiger partial charge in [0.05, 0.1) is 25.5 Å². The van der Waals surface area contributed by atoms with Gasteiger partial charge in [-0.1, -0.05) is 30.3 Å². The van der Waals surface area contributed by atoms with Crippen molar-refractivity contribution < 1.29 is 14.6 Å². The second-order valence-electron chi connectivity index (χ2n) is 6.82. The summed E-state index contributed by atoms with van der Waals surface area (Å²) in [7, 11) is 3.20. The average Bonchev–Trinajstić information content (AvgIpc) is 2.74. The van der Waals surface area contributed by atoms with Crippen LogP contribution in [0.3, 0.4) is 0 Å². The molecule has 6 nitrogen and oxygen atoms in total. The molecule has 1 aliphatic heterocycles. The molecule has 6 heteroatoms. The van der Waals surface area contributed by atoms with E-state index in [-0.39, 0.29) is 5.75 Å². The molecular weight excluding hydrogens is 354 g/mol. The first-order valence-electron chi connectivity index (χ1n) is 9.24. The number of ether oxygens (including phenoxy) is 2. The third kappa shape index (κ3) is 3.64. The van der Waals surface area contributed by atoms with Crippen molar-refractivity contribution in [3.8, 4) is 28.6 Å². The van der Waals surface area contributed by atoms with Gasteiger partial charge in [0.1, 0.15) is 17.2 Å². The van der Waals surface area contributed by atoms with Gasteiger partial charge in [0, 0.05) is 55.5 Å². The summed E-state index contributed by atoms with van der Waals surface area (Å²) in [5.74, 6) is 2.15. The highest BCUT2D eigenvalue weighted by atomic mass is 16.5. The van der Waals surface area contributed by atoms with Crippen molar-refractivity contribution in [2.75, 3.05) is 20.8 Å². The van der Waals surface area contributed by atoms with Gasteiger partial charge >= 0.3 is 0 Å². The maximum absolute atomic E-state index is 9.85. The van der Waals surface area contributed by atoms with Gasteiger partial charge in [0.25, 0.3) is 0 Å². The minimum Gasteiger partial charge on any atom is -0.508 e. The molecule has 0 bridgehead atoms. The number of nitrogens with zero attached hydrogens (tertiary/aromatic N) is 3. The highest BCUT2D eigenvalue weighted by Crippen LogP contribution is 2.35. The Labute approximate surface area is 164 Å². The topological polar surface area (TPSA) is 67.7 Å². The maximum atomic E-state index is 9.85. The van der Waals surface area contributed by atoms with E-state index in [0.717, 1.165) is 47.7 Å². The molecule has 0 saturated heterocycles. The van der Waals surface area contributed by atoms with Crippen LogP contribution < -0.4 is 9.47 Å². The molecule has 0 amide bonds. The Hall–Kier alpha value is -3.12. The normalized spacial score (nSPS) is 13.8. The van der Waals surface area contributed by atoms with Crippen molar-refractivity contribution in [2.45, 2.75) is 19.5 Å². The van der Waals surface area contributed by atoms with Crippen LogP contribution in [0.2, 0.25) is 0 Å². The highest BCUT2D eigenvalue weighted by Gasteiger charge is 2.22. The lowest BCUT2D eigenvalue weighted by Gasteiger charge is -2.29. The summed E-state index contributed by atoms with van der Waals surface area (Å²) in [5, 5.41) is 9.85. The average molecular weight is 377 g/mol. The molecule has 1 N–H and O–H groups in total. The summed E-state index contributed by atoms with van der Waals surface area (Å²) in [6.45, 7) is 2.30. The lowest BCUT2D eigenvalue weighted by Crippen LogP contribution is -2.31. The molecule has 0 atom stereocenters. The highest BCUT2D eigenvalue weighted by molar-refractivity contribution is 5.55. The Kier molecular flexibility index (Phi) is 5.12. The third-order valence-electron chi connectivity index (χ3n) is 5.02. The van der Waals surface area contributed by atoms with Crippen LogP contribution >= 0.6 is 0 Å². The molecule has 0 aliphatic carbocycles. The van der Waals surface area contributed by atoms with E-state index in [1.54, 1.807) is 26.4 Å². The summed E-state index contributed by atoms with van der Waals surface area (Å²) < 4.78 is 10.9. The van der Waals surface area contributed by atoms with Crippen molar-refractivity contribution in [3.63, 3.8) is 0 Å². The van der Waals surface area contributed by atoms with Crippen LogP contribution in [0.1, 0.15) is 16.8 Å². The molecule has 1 aliphatic rings. The predicted octanol–water partition coefficient (Wildman–Crippen LogP) is 3.42. The van der Waals surface area contributed by atoms with E-state index in [1.165, 1.54) is 0 Å². The second kappa shape index (κ2) is 7.86. The fourth-order valence-electron chi connectivity index (χ4n) is 3.59. The molecule has 2 heterocycles. The largest absolute Gasteiger partial charge is 0.508 e. The van der Waals surface area contributed by atoms with Gasteiger partial charge in [0.15, 0.2) is 5.82 Å². The van der Waals surface area contributed by atoms with E-state index in [1.807, 2.05) is 36.5 Å². The molecule has 144 valence electrons. The van der Waals surface area contributed by atoms with Crippen LogP contribution in [-0.4, -0.2) is 40.7 Å². The predicted molar refractivity (Wildman–Crippen MR) is 106 cm³/mol. The molecule has 0 saturated carbocycles. The van der Waals surface area contributed by atoms with E-state index in [2.05, 4.69) is 9.88 Å². The molecule has 3 aromatic rings. The zero-order valence-corrected chi connectivity index (χ0v) is 16.1. The standard InChI is InChI=1S/C22H23N3O3/c1-27-20-10-17(26)11-21(28-2)18(20)14-25-9-8-19-16(13-25)12-23-22(24-19)15-6-4-3-5-7-15/h3-7,10-12,26H,8-9,13-14H2,1-2H3. The van der Waals surface area contributed by atoms with Crippen molar-refractivity contribution >= 4 is 0 Å². The quantitative estimate of drug-likeness (QED) is 0.735. The first-order valence-corrected chi connectivity index (χ1v) is 9.24. The maximum Gasteiger partial charge on any atom is 0.159 e. The number of benzene rings is 2. The number of aromatic hydroxyl groups is 1. The molecule has 1 aromatic heterocycles. The fraction of sp³-hybridized carbons (Fsp3) is 0.273. The molecule has 0 spiro atoms. The van der Waals surface area contributed by atoms with Crippen LogP contribution in [0.15, 0.2) is 48.7 Å². The van der Waals surface area contributed by atoms with Gasteiger partial charge < -0.3 is 14.6 Å². The Morgan fingerprint density at radius 1 is 1.07 bits per heavy atom. The van der Waals surface area contributed by atoms with Gasteiger partial charge in [-0.2, -0.15) is 0 Å². The monoisotopic (exact) mass is 377 g/mol. The lowest BCUT2D eigenvalue weighted by molar-refractivity contribution is 0.234. The number of aromatic nitrogens is 2.